The lowest BCUT2D eigenvalue weighted by Gasteiger charge is -2.35. The van der Waals surface area contributed by atoms with Crippen molar-refractivity contribution in [2.75, 3.05) is 19.6 Å². The average Bonchev–Trinajstić information content (AvgIpc) is 2.45. The van der Waals surface area contributed by atoms with Gasteiger partial charge in [-0.1, -0.05) is 38.1 Å². The highest BCUT2D eigenvalue weighted by molar-refractivity contribution is 5.76. The summed E-state index contributed by atoms with van der Waals surface area (Å²) in [5.41, 5.74) is 7.93. The number of hydrogen-bond donors (Lipinski definition) is 2. The van der Waals surface area contributed by atoms with Crippen molar-refractivity contribution in [1.82, 2.24) is 10.2 Å². The fourth-order valence-corrected chi connectivity index (χ4v) is 3.46. The number of carbonyl (C=O) groups is 1. The maximum absolute atomic E-state index is 11.6. The van der Waals surface area contributed by atoms with E-state index in [1.165, 1.54) is 17.5 Å². The molecule has 0 spiro atoms. The number of hydrogen-bond acceptors (Lipinski definition) is 3. The zero-order valence-corrected chi connectivity index (χ0v) is 13.8. The van der Waals surface area contributed by atoms with Crippen LogP contribution >= 0.6 is 0 Å². The van der Waals surface area contributed by atoms with Crippen molar-refractivity contribution in [3.63, 3.8) is 0 Å². The van der Waals surface area contributed by atoms with Crippen LogP contribution in [0.25, 0.3) is 0 Å². The number of piperidine rings is 1. The summed E-state index contributed by atoms with van der Waals surface area (Å²) >= 11 is 0. The predicted molar refractivity (Wildman–Crippen MR) is 90.2 cm³/mol. The van der Waals surface area contributed by atoms with Crippen molar-refractivity contribution in [1.29, 1.82) is 0 Å². The summed E-state index contributed by atoms with van der Waals surface area (Å²) in [7, 11) is 0. The first-order valence-electron chi connectivity index (χ1n) is 8.34. The number of amides is 1. The van der Waals surface area contributed by atoms with Gasteiger partial charge in [-0.3, -0.25) is 9.69 Å². The van der Waals surface area contributed by atoms with Gasteiger partial charge in [-0.25, -0.2) is 0 Å². The summed E-state index contributed by atoms with van der Waals surface area (Å²) in [4.78, 5) is 14.1. The van der Waals surface area contributed by atoms with Gasteiger partial charge in [0.25, 0.3) is 0 Å². The van der Waals surface area contributed by atoms with Crippen molar-refractivity contribution in [2.45, 2.75) is 39.8 Å². The Hall–Kier alpha value is -1.39. The molecule has 0 bridgehead atoms. The molecule has 0 aliphatic carbocycles. The fraction of sp³-hybridized carbons (Fsp3) is 0.611. The van der Waals surface area contributed by atoms with Gasteiger partial charge < -0.3 is 11.1 Å². The van der Waals surface area contributed by atoms with Gasteiger partial charge in [0.05, 0.1) is 0 Å². The third-order valence-electron chi connectivity index (χ3n) is 4.30. The molecule has 0 aromatic heterocycles. The van der Waals surface area contributed by atoms with Crippen molar-refractivity contribution >= 4 is 5.91 Å². The lowest BCUT2D eigenvalue weighted by Crippen LogP contribution is -2.38. The third-order valence-corrected chi connectivity index (χ3v) is 4.30. The number of nitrogens with one attached hydrogen (secondary N) is 1. The molecular formula is C18H29N3O. The minimum absolute atomic E-state index is 0.0255. The average molecular weight is 303 g/mol. The summed E-state index contributed by atoms with van der Waals surface area (Å²) in [5.74, 6) is 1.55. The topological polar surface area (TPSA) is 58.4 Å². The second-order valence-corrected chi connectivity index (χ2v) is 6.72. The molecule has 4 nitrogen and oxygen atoms in total. The quantitative estimate of drug-likeness (QED) is 0.846. The Balaban J connectivity index is 1.97. The number of carbonyl (C=O) groups excluding carboxylic acids is 1. The second-order valence-electron chi connectivity index (χ2n) is 6.72. The number of benzene rings is 1. The first-order chi connectivity index (χ1) is 10.6. The molecule has 2 atom stereocenters. The first-order valence-corrected chi connectivity index (χ1v) is 8.34. The van der Waals surface area contributed by atoms with Crippen molar-refractivity contribution < 1.29 is 4.79 Å². The van der Waals surface area contributed by atoms with Gasteiger partial charge in [-0.2, -0.15) is 0 Å². The molecule has 1 heterocycles. The normalized spacial score (nSPS) is 22.5. The monoisotopic (exact) mass is 303 g/mol. The molecule has 0 saturated carbocycles. The van der Waals surface area contributed by atoms with E-state index in [-0.39, 0.29) is 5.91 Å². The third kappa shape index (κ3) is 5.11. The number of nitrogens with zero attached hydrogens (tertiary/aromatic N) is 1. The highest BCUT2D eigenvalue weighted by atomic mass is 16.1. The SMILES string of the molecule is CC1CC(C)CN(Cc2ccccc2CNC(=O)CCN)C1. The van der Waals surface area contributed by atoms with Gasteiger partial charge in [0.1, 0.15) is 0 Å². The Morgan fingerprint density at radius 2 is 1.86 bits per heavy atom. The number of rotatable bonds is 6. The standard InChI is InChI=1S/C18H29N3O/c1-14-9-15(2)12-21(11-14)13-17-6-4-3-5-16(17)10-20-18(22)7-8-19/h3-6,14-15H,7-13,19H2,1-2H3,(H,20,22). The number of likely N-dealkylation sites (tertiary alicyclic amines) is 1. The molecule has 4 heteroatoms. The molecule has 22 heavy (non-hydrogen) atoms. The lowest BCUT2D eigenvalue weighted by molar-refractivity contribution is -0.121. The van der Waals surface area contributed by atoms with E-state index in [0.717, 1.165) is 31.5 Å². The van der Waals surface area contributed by atoms with Gasteiger partial charge in [0, 0.05) is 39.1 Å². The summed E-state index contributed by atoms with van der Waals surface area (Å²) in [6.45, 7) is 8.96. The predicted octanol–water partition coefficient (Wildman–Crippen LogP) is 2.13. The molecule has 1 aromatic carbocycles. The summed E-state index contributed by atoms with van der Waals surface area (Å²) in [6, 6.07) is 8.40. The van der Waals surface area contributed by atoms with Gasteiger partial charge >= 0.3 is 0 Å². The maximum atomic E-state index is 11.6. The van der Waals surface area contributed by atoms with E-state index in [2.05, 4.69) is 42.3 Å². The van der Waals surface area contributed by atoms with Crippen LogP contribution in [0.3, 0.4) is 0 Å². The van der Waals surface area contributed by atoms with Crippen LogP contribution in [-0.4, -0.2) is 30.4 Å². The van der Waals surface area contributed by atoms with Gasteiger partial charge in [0.2, 0.25) is 5.91 Å². The second kappa shape index (κ2) is 8.30. The molecule has 2 unspecified atom stereocenters. The molecule has 1 aliphatic rings. The Bertz CT molecular complexity index is 479. The van der Waals surface area contributed by atoms with Gasteiger partial charge in [-0.15, -0.1) is 0 Å². The van der Waals surface area contributed by atoms with Crippen molar-refractivity contribution in [3.8, 4) is 0 Å². The van der Waals surface area contributed by atoms with E-state index < -0.39 is 0 Å². The summed E-state index contributed by atoms with van der Waals surface area (Å²) < 4.78 is 0. The van der Waals surface area contributed by atoms with Crippen molar-refractivity contribution in [3.05, 3.63) is 35.4 Å². The van der Waals surface area contributed by atoms with E-state index in [4.69, 9.17) is 5.73 Å². The zero-order chi connectivity index (χ0) is 15.9. The molecule has 0 radical (unpaired) electrons. The Kier molecular flexibility index (Phi) is 6.40. The van der Waals surface area contributed by atoms with Crippen LogP contribution in [0, 0.1) is 11.8 Å². The summed E-state index contributed by atoms with van der Waals surface area (Å²) in [6.07, 6.45) is 1.72. The Morgan fingerprint density at radius 3 is 2.50 bits per heavy atom. The molecule has 1 aromatic rings. The van der Waals surface area contributed by atoms with Gasteiger partial charge in [-0.05, 0) is 29.4 Å². The largest absolute Gasteiger partial charge is 0.352 e. The van der Waals surface area contributed by atoms with E-state index in [1.54, 1.807) is 0 Å². The van der Waals surface area contributed by atoms with Gasteiger partial charge in [0.15, 0.2) is 0 Å². The molecule has 1 fully saturated rings. The van der Waals surface area contributed by atoms with E-state index in [9.17, 15) is 4.79 Å². The molecule has 1 amide bonds. The van der Waals surface area contributed by atoms with Crippen LogP contribution in [0.15, 0.2) is 24.3 Å². The van der Waals surface area contributed by atoms with E-state index in [1.807, 2.05) is 6.07 Å². The lowest BCUT2D eigenvalue weighted by atomic mass is 9.91. The molecule has 2 rings (SSSR count). The van der Waals surface area contributed by atoms with E-state index >= 15 is 0 Å². The van der Waals surface area contributed by atoms with Crippen LogP contribution in [0.1, 0.15) is 37.8 Å². The molecule has 122 valence electrons. The summed E-state index contributed by atoms with van der Waals surface area (Å²) in [5, 5.41) is 2.96. The minimum Gasteiger partial charge on any atom is -0.352 e. The Labute approximate surface area is 134 Å². The maximum Gasteiger partial charge on any atom is 0.221 e. The fourth-order valence-electron chi connectivity index (χ4n) is 3.46. The highest BCUT2D eigenvalue weighted by Gasteiger charge is 2.22. The molecule has 1 saturated heterocycles. The van der Waals surface area contributed by atoms with Crippen LogP contribution < -0.4 is 11.1 Å². The minimum atomic E-state index is 0.0255. The van der Waals surface area contributed by atoms with Crippen molar-refractivity contribution in [2.24, 2.45) is 17.6 Å². The first kappa shape index (κ1) is 17.0. The highest BCUT2D eigenvalue weighted by Crippen LogP contribution is 2.23. The van der Waals surface area contributed by atoms with Crippen LogP contribution in [-0.2, 0) is 17.9 Å². The van der Waals surface area contributed by atoms with Crippen LogP contribution in [0.5, 0.6) is 0 Å². The zero-order valence-electron chi connectivity index (χ0n) is 13.8. The van der Waals surface area contributed by atoms with Crippen LogP contribution in [0.2, 0.25) is 0 Å². The molecule has 3 N–H and O–H groups in total. The van der Waals surface area contributed by atoms with Crippen LogP contribution in [0.4, 0.5) is 0 Å². The Morgan fingerprint density at radius 1 is 1.23 bits per heavy atom. The molecular weight excluding hydrogens is 274 g/mol. The molecule has 1 aliphatic heterocycles. The van der Waals surface area contributed by atoms with E-state index in [0.29, 0.717) is 19.5 Å². The smallest absolute Gasteiger partial charge is 0.221 e. The number of nitrogens with two attached hydrogens (primary N) is 1.